The highest BCUT2D eigenvalue weighted by Crippen LogP contribution is 2.44. The summed E-state index contributed by atoms with van der Waals surface area (Å²) >= 11 is 0. The lowest BCUT2D eigenvalue weighted by molar-refractivity contribution is -0.332. The number of benzene rings is 1. The van der Waals surface area contributed by atoms with Crippen LogP contribution in [0.25, 0.3) is 0 Å². The Bertz CT molecular complexity index is 992. The molecule has 1 unspecified atom stereocenters. The van der Waals surface area contributed by atoms with E-state index in [-0.39, 0.29) is 19.6 Å². The predicted molar refractivity (Wildman–Crippen MR) is 133 cm³/mol. The standard InChI is InChI=1S/C29H36F6O4/c1-19-6-9-21(10-7-19)22-11-13-23(14-12-22)28(31,32)38-24-17-36-27(37-18-24)5-3-2-4-20-8-15-26(25(30)16-20)39-29(33,34)35/h2-3,8-9,15-16,19,22-24,27H,4-7,10-14,17-18H2,1H3/b3-2-. The molecule has 1 aliphatic heterocycles. The van der Waals surface area contributed by atoms with E-state index in [2.05, 4.69) is 17.7 Å². The van der Waals surface area contributed by atoms with Crippen LogP contribution in [-0.2, 0) is 20.6 Å². The summed E-state index contributed by atoms with van der Waals surface area (Å²) in [5.41, 5.74) is 1.91. The smallest absolute Gasteiger partial charge is 0.403 e. The number of halogens is 6. The van der Waals surface area contributed by atoms with Crippen molar-refractivity contribution < 1.29 is 45.3 Å². The van der Waals surface area contributed by atoms with Gasteiger partial charge < -0.3 is 18.9 Å². The van der Waals surface area contributed by atoms with E-state index >= 15 is 0 Å². The molecule has 2 fully saturated rings. The summed E-state index contributed by atoms with van der Waals surface area (Å²) in [6, 6.07) is 3.24. The number of alkyl halides is 5. The fourth-order valence-corrected chi connectivity index (χ4v) is 5.51. The van der Waals surface area contributed by atoms with Crippen LogP contribution in [0.5, 0.6) is 5.75 Å². The average molecular weight is 563 g/mol. The first kappa shape index (κ1) is 29.9. The van der Waals surface area contributed by atoms with Crippen LogP contribution in [0, 0.1) is 23.6 Å². The van der Waals surface area contributed by atoms with Crippen LogP contribution in [0.1, 0.15) is 63.9 Å². The van der Waals surface area contributed by atoms with Crippen LogP contribution in [0.3, 0.4) is 0 Å². The Balaban J connectivity index is 1.15. The van der Waals surface area contributed by atoms with Crippen LogP contribution in [0.15, 0.2) is 42.0 Å². The Morgan fingerprint density at radius 3 is 2.31 bits per heavy atom. The van der Waals surface area contributed by atoms with E-state index in [0.717, 1.165) is 37.8 Å². The molecule has 1 saturated heterocycles. The molecule has 4 rings (SSSR count). The molecule has 1 aromatic rings. The first-order valence-electron chi connectivity index (χ1n) is 13.7. The molecule has 39 heavy (non-hydrogen) atoms. The molecule has 0 amide bonds. The second kappa shape index (κ2) is 13.1. The third-order valence-corrected chi connectivity index (χ3v) is 7.77. The number of ether oxygens (including phenoxy) is 4. The van der Waals surface area contributed by atoms with Crippen LogP contribution < -0.4 is 4.74 Å². The number of hydrogen-bond donors (Lipinski definition) is 0. The Kier molecular flexibility index (Phi) is 10.0. The molecule has 1 heterocycles. The molecule has 3 aliphatic rings. The van der Waals surface area contributed by atoms with Gasteiger partial charge in [-0.15, -0.1) is 13.2 Å². The summed E-state index contributed by atoms with van der Waals surface area (Å²) in [4.78, 5) is 0. The van der Waals surface area contributed by atoms with Gasteiger partial charge in [-0.1, -0.05) is 36.8 Å². The minimum Gasteiger partial charge on any atom is -0.403 e. The number of hydrogen-bond acceptors (Lipinski definition) is 4. The average Bonchev–Trinajstić information content (AvgIpc) is 2.89. The van der Waals surface area contributed by atoms with Crippen molar-refractivity contribution in [2.75, 3.05) is 13.2 Å². The zero-order chi connectivity index (χ0) is 28.0. The van der Waals surface area contributed by atoms with E-state index in [9.17, 15) is 26.3 Å². The third-order valence-electron chi connectivity index (χ3n) is 7.77. The van der Waals surface area contributed by atoms with Crippen molar-refractivity contribution in [1.82, 2.24) is 0 Å². The second-order valence-corrected chi connectivity index (χ2v) is 10.8. The fourth-order valence-electron chi connectivity index (χ4n) is 5.51. The van der Waals surface area contributed by atoms with Crippen molar-refractivity contribution in [3.8, 4) is 5.75 Å². The fraction of sp³-hybridized carbons (Fsp3) is 0.655. The Morgan fingerprint density at radius 1 is 0.974 bits per heavy atom. The van der Waals surface area contributed by atoms with Crippen LogP contribution >= 0.6 is 0 Å². The summed E-state index contributed by atoms with van der Waals surface area (Å²) < 4.78 is 100. The van der Waals surface area contributed by atoms with Crippen molar-refractivity contribution in [3.05, 3.63) is 53.4 Å². The van der Waals surface area contributed by atoms with Gasteiger partial charge in [-0.05, 0) is 80.9 Å². The van der Waals surface area contributed by atoms with Crippen LogP contribution in [0.2, 0.25) is 0 Å². The molecule has 0 bridgehead atoms. The maximum atomic E-state index is 14.9. The largest absolute Gasteiger partial charge is 0.573 e. The monoisotopic (exact) mass is 562 g/mol. The molecule has 1 atom stereocenters. The van der Waals surface area contributed by atoms with Crippen molar-refractivity contribution in [3.63, 3.8) is 0 Å². The van der Waals surface area contributed by atoms with E-state index in [1.165, 1.54) is 18.1 Å². The van der Waals surface area contributed by atoms with Gasteiger partial charge in [-0.25, -0.2) is 4.39 Å². The maximum Gasteiger partial charge on any atom is 0.573 e. The Labute approximate surface area is 225 Å². The summed E-state index contributed by atoms with van der Waals surface area (Å²) in [6.07, 6.45) is 2.43. The predicted octanol–water partition coefficient (Wildman–Crippen LogP) is 8.12. The lowest BCUT2D eigenvalue weighted by Crippen LogP contribution is -2.44. The summed E-state index contributed by atoms with van der Waals surface area (Å²) in [6.45, 7) is 2.22. The van der Waals surface area contributed by atoms with E-state index in [1.807, 2.05) is 0 Å². The molecule has 1 saturated carbocycles. The Morgan fingerprint density at radius 2 is 1.69 bits per heavy atom. The van der Waals surface area contributed by atoms with Gasteiger partial charge in [0.05, 0.1) is 19.1 Å². The lowest BCUT2D eigenvalue weighted by atomic mass is 9.74. The minimum atomic E-state index is -4.97. The second-order valence-electron chi connectivity index (χ2n) is 10.8. The molecule has 2 aliphatic carbocycles. The van der Waals surface area contributed by atoms with Crippen LogP contribution in [0.4, 0.5) is 26.3 Å². The zero-order valence-corrected chi connectivity index (χ0v) is 22.0. The molecular formula is C29H36F6O4. The lowest BCUT2D eigenvalue weighted by Gasteiger charge is -2.38. The van der Waals surface area contributed by atoms with Crippen molar-refractivity contribution in [2.45, 2.75) is 89.6 Å². The van der Waals surface area contributed by atoms with E-state index in [4.69, 9.17) is 14.2 Å². The third kappa shape index (κ3) is 8.98. The highest BCUT2D eigenvalue weighted by Gasteiger charge is 2.45. The van der Waals surface area contributed by atoms with Crippen molar-refractivity contribution >= 4 is 0 Å². The van der Waals surface area contributed by atoms with Gasteiger partial charge in [0, 0.05) is 6.42 Å². The quantitative estimate of drug-likeness (QED) is 0.225. The first-order chi connectivity index (χ1) is 18.5. The molecule has 0 aromatic heterocycles. The molecule has 0 spiro atoms. The van der Waals surface area contributed by atoms with Gasteiger partial charge in [-0.2, -0.15) is 8.78 Å². The molecule has 0 N–H and O–H groups in total. The van der Waals surface area contributed by atoms with Gasteiger partial charge in [-0.3, -0.25) is 0 Å². The highest BCUT2D eigenvalue weighted by atomic mass is 19.4. The zero-order valence-electron chi connectivity index (χ0n) is 22.0. The summed E-state index contributed by atoms with van der Waals surface area (Å²) in [7, 11) is 0. The van der Waals surface area contributed by atoms with Crippen molar-refractivity contribution in [1.29, 1.82) is 0 Å². The number of allylic oxidation sites excluding steroid dienone is 3. The minimum absolute atomic E-state index is 0.0135. The van der Waals surface area contributed by atoms with E-state index in [1.54, 1.807) is 12.2 Å². The molecule has 1 aromatic carbocycles. The first-order valence-corrected chi connectivity index (χ1v) is 13.7. The topological polar surface area (TPSA) is 36.9 Å². The molecule has 4 nitrogen and oxygen atoms in total. The van der Waals surface area contributed by atoms with Crippen molar-refractivity contribution in [2.24, 2.45) is 17.8 Å². The normalized spacial score (nSPS) is 28.9. The molecule has 10 heteroatoms. The SMILES string of the molecule is CC1CC=C(C2CCC(C(F)(F)OC3COC(C/C=C\Cc4ccc(OC(F)(F)F)c(F)c4)OC3)CC2)CC1. The van der Waals surface area contributed by atoms with Gasteiger partial charge in [0.15, 0.2) is 17.9 Å². The molecule has 218 valence electrons. The van der Waals surface area contributed by atoms with Crippen LogP contribution in [-0.4, -0.2) is 38.1 Å². The van der Waals surface area contributed by atoms with Gasteiger partial charge in [0.2, 0.25) is 0 Å². The molecule has 0 radical (unpaired) electrons. The highest BCUT2D eigenvalue weighted by molar-refractivity contribution is 5.30. The van der Waals surface area contributed by atoms with Gasteiger partial charge >= 0.3 is 12.5 Å². The number of rotatable bonds is 9. The summed E-state index contributed by atoms with van der Waals surface area (Å²) in [5.74, 6) is -1.68. The maximum absolute atomic E-state index is 14.9. The Hall–Kier alpha value is -2.04. The van der Waals surface area contributed by atoms with E-state index in [0.29, 0.717) is 36.7 Å². The van der Waals surface area contributed by atoms with E-state index < -0.39 is 42.3 Å². The summed E-state index contributed by atoms with van der Waals surface area (Å²) in [5, 5.41) is 0. The molecular weight excluding hydrogens is 526 g/mol. The van der Waals surface area contributed by atoms with Gasteiger partial charge in [0.25, 0.3) is 0 Å². The van der Waals surface area contributed by atoms with Gasteiger partial charge in [0.1, 0.15) is 6.10 Å².